The van der Waals surface area contributed by atoms with E-state index in [-0.39, 0.29) is 17.2 Å². The average molecular weight is 405 g/mol. The molecule has 4 nitrogen and oxygen atoms in total. The number of hydrogen-bond donors (Lipinski definition) is 0. The van der Waals surface area contributed by atoms with Gasteiger partial charge in [0.25, 0.3) is 5.91 Å². The lowest BCUT2D eigenvalue weighted by Crippen LogP contribution is -2.31. The van der Waals surface area contributed by atoms with Crippen LogP contribution < -0.4 is 9.64 Å². The number of carbonyl (C=O) groups is 1. The van der Waals surface area contributed by atoms with Crippen LogP contribution >= 0.6 is 11.6 Å². The fraction of sp³-hybridized carbons (Fsp3) is 0.409. The maximum atomic E-state index is 14.4. The molecule has 0 saturated carbocycles. The number of likely N-dealkylation sites (tertiary alicyclic amines) is 1. The van der Waals surface area contributed by atoms with E-state index in [0.717, 1.165) is 26.1 Å². The van der Waals surface area contributed by atoms with Gasteiger partial charge in [-0.1, -0.05) is 18.0 Å². The van der Waals surface area contributed by atoms with Crippen molar-refractivity contribution in [3.8, 4) is 5.75 Å². The van der Waals surface area contributed by atoms with Crippen molar-refractivity contribution < 1.29 is 13.9 Å². The van der Waals surface area contributed by atoms with E-state index in [1.165, 1.54) is 36.3 Å². The van der Waals surface area contributed by atoms with Crippen molar-refractivity contribution in [3.63, 3.8) is 0 Å². The minimum absolute atomic E-state index is 0.185. The molecule has 1 heterocycles. The van der Waals surface area contributed by atoms with Gasteiger partial charge in [-0.25, -0.2) is 4.39 Å². The zero-order chi connectivity index (χ0) is 19.9. The van der Waals surface area contributed by atoms with E-state index in [9.17, 15) is 9.18 Å². The average Bonchev–Trinajstić information content (AvgIpc) is 2.72. The largest absolute Gasteiger partial charge is 0.490 e. The summed E-state index contributed by atoms with van der Waals surface area (Å²) in [6, 6.07) is 11.3. The first-order chi connectivity index (χ1) is 13.5. The van der Waals surface area contributed by atoms with Crippen molar-refractivity contribution in [1.29, 1.82) is 0 Å². The predicted octanol–water partition coefficient (Wildman–Crippen LogP) is 5.01. The highest BCUT2D eigenvalue weighted by atomic mass is 35.5. The van der Waals surface area contributed by atoms with E-state index in [0.29, 0.717) is 17.3 Å². The van der Waals surface area contributed by atoms with Crippen molar-refractivity contribution in [1.82, 2.24) is 4.90 Å². The van der Waals surface area contributed by atoms with Crippen LogP contribution in [0, 0.1) is 5.82 Å². The van der Waals surface area contributed by atoms with Gasteiger partial charge in [-0.3, -0.25) is 4.79 Å². The summed E-state index contributed by atoms with van der Waals surface area (Å²) in [5.41, 5.74) is 0.962. The maximum absolute atomic E-state index is 14.4. The fourth-order valence-corrected chi connectivity index (χ4v) is 3.51. The van der Waals surface area contributed by atoms with E-state index in [2.05, 4.69) is 4.90 Å². The van der Waals surface area contributed by atoms with Gasteiger partial charge < -0.3 is 14.5 Å². The lowest BCUT2D eigenvalue weighted by molar-refractivity contribution is 0.0992. The summed E-state index contributed by atoms with van der Waals surface area (Å²) in [5.74, 6) is -0.629. The normalized spacial score (nSPS) is 14.7. The molecule has 28 heavy (non-hydrogen) atoms. The van der Waals surface area contributed by atoms with E-state index < -0.39 is 5.82 Å². The van der Waals surface area contributed by atoms with Gasteiger partial charge in [-0.2, -0.15) is 0 Å². The Kier molecular flexibility index (Phi) is 7.29. The molecule has 1 fully saturated rings. The van der Waals surface area contributed by atoms with E-state index in [1.54, 1.807) is 37.4 Å². The predicted molar refractivity (Wildman–Crippen MR) is 111 cm³/mol. The molecule has 1 saturated heterocycles. The molecule has 0 radical (unpaired) electrons. The molecular weight excluding hydrogens is 379 g/mol. The number of anilines is 1. The lowest BCUT2D eigenvalue weighted by atomic mass is 10.1. The number of rotatable bonds is 7. The second kappa shape index (κ2) is 9.89. The molecule has 150 valence electrons. The molecule has 0 aromatic heterocycles. The van der Waals surface area contributed by atoms with Crippen LogP contribution in [0.3, 0.4) is 0 Å². The van der Waals surface area contributed by atoms with Crippen LogP contribution in [-0.2, 0) is 0 Å². The highest BCUT2D eigenvalue weighted by molar-refractivity contribution is 6.30. The summed E-state index contributed by atoms with van der Waals surface area (Å²) in [6.07, 6.45) is 4.70. The number of halogens is 2. The van der Waals surface area contributed by atoms with Crippen LogP contribution in [0.25, 0.3) is 0 Å². The van der Waals surface area contributed by atoms with Gasteiger partial charge in [-0.05, 0) is 74.8 Å². The van der Waals surface area contributed by atoms with Crippen molar-refractivity contribution in [2.45, 2.75) is 25.7 Å². The summed E-state index contributed by atoms with van der Waals surface area (Å²) < 4.78 is 20.0. The van der Waals surface area contributed by atoms with Crippen LogP contribution in [0.1, 0.15) is 36.0 Å². The Balaban J connectivity index is 1.53. The summed E-state index contributed by atoms with van der Waals surface area (Å²) in [6.45, 7) is 3.73. The molecule has 0 atom stereocenters. The lowest BCUT2D eigenvalue weighted by Gasteiger charge is -2.26. The summed E-state index contributed by atoms with van der Waals surface area (Å²) in [7, 11) is 1.65. The number of piperidine rings is 1. The van der Waals surface area contributed by atoms with Gasteiger partial charge in [0.05, 0.1) is 6.61 Å². The van der Waals surface area contributed by atoms with Crippen LogP contribution in [0.5, 0.6) is 5.75 Å². The van der Waals surface area contributed by atoms with Crippen molar-refractivity contribution in [3.05, 3.63) is 58.9 Å². The zero-order valence-corrected chi connectivity index (χ0v) is 16.9. The molecule has 1 aliphatic heterocycles. The van der Waals surface area contributed by atoms with Crippen LogP contribution in [0.2, 0.25) is 5.02 Å². The first-order valence-electron chi connectivity index (χ1n) is 9.73. The first-order valence-corrected chi connectivity index (χ1v) is 10.1. The monoisotopic (exact) mass is 404 g/mol. The Bertz CT molecular complexity index is 792. The second-order valence-electron chi connectivity index (χ2n) is 7.09. The molecule has 0 bridgehead atoms. The summed E-state index contributed by atoms with van der Waals surface area (Å²) in [5, 5.41) is 0.595. The fourth-order valence-electron chi connectivity index (χ4n) is 3.38. The molecule has 0 aliphatic carbocycles. The summed E-state index contributed by atoms with van der Waals surface area (Å²) in [4.78, 5) is 16.5. The highest BCUT2D eigenvalue weighted by Crippen LogP contribution is 2.22. The topological polar surface area (TPSA) is 32.8 Å². The third-order valence-corrected chi connectivity index (χ3v) is 5.27. The van der Waals surface area contributed by atoms with Gasteiger partial charge >= 0.3 is 0 Å². The quantitative estimate of drug-likeness (QED) is 0.608. The Morgan fingerprint density at radius 3 is 2.54 bits per heavy atom. The van der Waals surface area contributed by atoms with E-state index in [4.69, 9.17) is 16.3 Å². The molecule has 6 heteroatoms. The Morgan fingerprint density at radius 2 is 1.86 bits per heavy atom. The Labute approximate surface area is 170 Å². The molecular formula is C22H26ClFN2O2. The van der Waals surface area contributed by atoms with E-state index >= 15 is 0 Å². The van der Waals surface area contributed by atoms with Crippen LogP contribution in [0.15, 0.2) is 42.5 Å². The highest BCUT2D eigenvalue weighted by Gasteiger charge is 2.16. The second-order valence-corrected chi connectivity index (χ2v) is 7.53. The van der Waals surface area contributed by atoms with Gasteiger partial charge in [0.1, 0.15) is 0 Å². The van der Waals surface area contributed by atoms with E-state index in [1.807, 2.05) is 0 Å². The number of ether oxygens (including phenoxy) is 1. The van der Waals surface area contributed by atoms with Crippen molar-refractivity contribution in [2.75, 3.05) is 38.2 Å². The number of hydrogen-bond acceptors (Lipinski definition) is 3. The smallest absolute Gasteiger partial charge is 0.258 e. The molecule has 0 unspecified atom stereocenters. The molecule has 2 aromatic rings. The Morgan fingerprint density at radius 1 is 1.14 bits per heavy atom. The van der Waals surface area contributed by atoms with Gasteiger partial charge in [-0.15, -0.1) is 0 Å². The zero-order valence-electron chi connectivity index (χ0n) is 16.2. The SMILES string of the molecule is CN(C(=O)c1ccc(OCCCN2CCCCC2)c(F)c1)c1ccc(Cl)cc1. The molecule has 3 rings (SSSR count). The molecule has 0 N–H and O–H groups in total. The maximum Gasteiger partial charge on any atom is 0.258 e. The summed E-state index contributed by atoms with van der Waals surface area (Å²) >= 11 is 5.88. The third-order valence-electron chi connectivity index (χ3n) is 5.02. The van der Waals surface area contributed by atoms with Crippen molar-refractivity contribution in [2.24, 2.45) is 0 Å². The minimum Gasteiger partial charge on any atom is -0.490 e. The number of amides is 1. The first kappa shape index (κ1) is 20.6. The Hall–Kier alpha value is -2.11. The van der Waals surface area contributed by atoms with Gasteiger partial charge in [0.15, 0.2) is 11.6 Å². The molecule has 0 spiro atoms. The van der Waals surface area contributed by atoms with Crippen molar-refractivity contribution >= 4 is 23.2 Å². The minimum atomic E-state index is -0.520. The van der Waals surface area contributed by atoms with Gasteiger partial charge in [0, 0.05) is 29.9 Å². The number of nitrogens with zero attached hydrogens (tertiary/aromatic N) is 2. The standard InChI is InChI=1S/C22H26ClFN2O2/c1-25(19-9-7-18(23)8-10-19)22(27)17-6-11-21(20(24)16-17)28-15-5-14-26-12-3-2-4-13-26/h6-11,16H,2-5,12-15H2,1H3. The molecule has 1 aliphatic rings. The molecule has 2 aromatic carbocycles. The van der Waals surface area contributed by atoms with Gasteiger partial charge in [0.2, 0.25) is 0 Å². The van der Waals surface area contributed by atoms with Crippen LogP contribution in [0.4, 0.5) is 10.1 Å². The molecule has 1 amide bonds. The third kappa shape index (κ3) is 5.46. The van der Waals surface area contributed by atoms with Crippen LogP contribution in [-0.4, -0.2) is 44.1 Å². The number of carbonyl (C=O) groups excluding carboxylic acids is 1. The number of benzene rings is 2.